The summed E-state index contributed by atoms with van der Waals surface area (Å²) >= 11 is 0. The lowest BCUT2D eigenvalue weighted by molar-refractivity contribution is 0.376. The molecule has 1 fully saturated rings. The van der Waals surface area contributed by atoms with Crippen LogP contribution in [-0.4, -0.2) is 18.1 Å². The Bertz CT molecular complexity index is 424. The van der Waals surface area contributed by atoms with E-state index in [1.165, 1.54) is 4.90 Å². The van der Waals surface area contributed by atoms with E-state index in [1.807, 2.05) is 6.92 Å². The minimum Gasteiger partial charge on any atom is -0.366 e. The summed E-state index contributed by atoms with van der Waals surface area (Å²) in [5, 5.41) is 0. The van der Waals surface area contributed by atoms with Gasteiger partial charge in [-0.25, -0.2) is 0 Å². The summed E-state index contributed by atoms with van der Waals surface area (Å²) in [7, 11) is 0. The van der Waals surface area contributed by atoms with Gasteiger partial charge in [-0.05, 0) is 18.8 Å². The van der Waals surface area contributed by atoms with E-state index in [9.17, 15) is 17.6 Å². The third-order valence-electron chi connectivity index (χ3n) is 3.39. The molecule has 0 saturated carbocycles. The Morgan fingerprint density at radius 1 is 1.17 bits per heavy atom. The van der Waals surface area contributed by atoms with Gasteiger partial charge in [0.1, 0.15) is 5.69 Å². The molecule has 1 unspecified atom stereocenters. The van der Waals surface area contributed by atoms with E-state index in [2.05, 4.69) is 4.98 Å². The Balaban J connectivity index is 2.38. The molecule has 1 saturated heterocycles. The predicted molar refractivity (Wildman–Crippen MR) is 59.3 cm³/mol. The second kappa shape index (κ2) is 5.12. The molecule has 2 nitrogen and oxygen atoms in total. The summed E-state index contributed by atoms with van der Waals surface area (Å²) in [6.45, 7) is 2.79. The van der Waals surface area contributed by atoms with Crippen LogP contribution >= 0.6 is 0 Å². The number of rotatable bonds is 2. The Morgan fingerprint density at radius 2 is 1.78 bits per heavy atom. The lowest BCUT2D eigenvalue weighted by Gasteiger charge is -2.34. The van der Waals surface area contributed by atoms with Gasteiger partial charge in [0, 0.05) is 13.1 Å². The fourth-order valence-electron chi connectivity index (χ4n) is 2.36. The van der Waals surface area contributed by atoms with Gasteiger partial charge in [-0.3, -0.25) is 0 Å². The summed E-state index contributed by atoms with van der Waals surface area (Å²) < 4.78 is 53.2. The molecule has 1 aromatic heterocycles. The van der Waals surface area contributed by atoms with E-state index in [4.69, 9.17) is 0 Å². The monoisotopic (exact) mass is 262 g/mol. The van der Waals surface area contributed by atoms with E-state index in [-0.39, 0.29) is 5.92 Å². The molecule has 1 aliphatic heterocycles. The average Bonchev–Trinajstić information content (AvgIpc) is 2.37. The van der Waals surface area contributed by atoms with Crippen molar-refractivity contribution >= 4 is 5.69 Å². The van der Waals surface area contributed by atoms with Gasteiger partial charge in [0.05, 0.1) is 0 Å². The van der Waals surface area contributed by atoms with Gasteiger partial charge in [0.15, 0.2) is 0 Å². The van der Waals surface area contributed by atoms with Crippen molar-refractivity contribution in [2.24, 2.45) is 5.92 Å². The summed E-state index contributed by atoms with van der Waals surface area (Å²) in [5.41, 5.74) is -0.627. The standard InChI is InChI=1S/C12H14F4N2/c1-2-7-4-3-5-18(6-7)10-8(13)11(15)17-12(16)9(10)14/h7H,2-6H2,1H3. The van der Waals surface area contributed by atoms with Crippen LogP contribution < -0.4 is 4.90 Å². The van der Waals surface area contributed by atoms with E-state index >= 15 is 0 Å². The highest BCUT2D eigenvalue weighted by molar-refractivity contribution is 5.48. The maximum absolute atomic E-state index is 13.6. The number of halogens is 4. The largest absolute Gasteiger partial charge is 0.366 e. The summed E-state index contributed by atoms with van der Waals surface area (Å²) in [6, 6.07) is 0. The number of nitrogens with zero attached hydrogens (tertiary/aromatic N) is 2. The molecule has 1 aromatic rings. The van der Waals surface area contributed by atoms with Crippen molar-refractivity contribution in [2.75, 3.05) is 18.0 Å². The zero-order chi connectivity index (χ0) is 13.3. The van der Waals surface area contributed by atoms with Crippen molar-refractivity contribution < 1.29 is 17.6 Å². The second-order valence-corrected chi connectivity index (χ2v) is 4.53. The zero-order valence-corrected chi connectivity index (χ0v) is 10.0. The van der Waals surface area contributed by atoms with Crippen molar-refractivity contribution in [3.63, 3.8) is 0 Å². The summed E-state index contributed by atoms with van der Waals surface area (Å²) in [5.74, 6) is -5.72. The van der Waals surface area contributed by atoms with Crippen molar-refractivity contribution in [3.8, 4) is 0 Å². The number of anilines is 1. The van der Waals surface area contributed by atoms with Crippen molar-refractivity contribution in [1.29, 1.82) is 0 Å². The van der Waals surface area contributed by atoms with E-state index in [1.54, 1.807) is 0 Å². The second-order valence-electron chi connectivity index (χ2n) is 4.53. The summed E-state index contributed by atoms with van der Waals surface area (Å²) in [6.07, 6.45) is 2.59. The Labute approximate surface area is 103 Å². The first-order chi connectivity index (χ1) is 8.54. The third-order valence-corrected chi connectivity index (χ3v) is 3.39. The average molecular weight is 262 g/mol. The lowest BCUT2D eigenvalue weighted by atomic mass is 9.95. The quantitative estimate of drug-likeness (QED) is 0.600. The molecule has 1 aliphatic rings. The molecule has 6 heteroatoms. The molecule has 0 N–H and O–H groups in total. The molecule has 2 rings (SSSR count). The highest BCUT2D eigenvalue weighted by Crippen LogP contribution is 2.30. The van der Waals surface area contributed by atoms with Crippen LogP contribution in [0.5, 0.6) is 0 Å². The maximum Gasteiger partial charge on any atom is 0.253 e. The maximum atomic E-state index is 13.6. The Kier molecular flexibility index (Phi) is 3.73. The molecule has 0 aliphatic carbocycles. The van der Waals surface area contributed by atoms with Crippen LogP contribution in [0.25, 0.3) is 0 Å². The van der Waals surface area contributed by atoms with Crippen LogP contribution in [-0.2, 0) is 0 Å². The molecule has 100 valence electrons. The Morgan fingerprint density at radius 3 is 2.33 bits per heavy atom. The van der Waals surface area contributed by atoms with Crippen LogP contribution in [0.4, 0.5) is 23.2 Å². The SMILES string of the molecule is CCC1CCCN(c2c(F)c(F)nc(F)c2F)C1. The normalized spacial score (nSPS) is 20.3. The molecule has 0 amide bonds. The van der Waals surface area contributed by atoms with Gasteiger partial charge in [-0.2, -0.15) is 22.5 Å². The fraction of sp³-hybridized carbons (Fsp3) is 0.583. The topological polar surface area (TPSA) is 16.1 Å². The summed E-state index contributed by atoms with van der Waals surface area (Å²) in [4.78, 5) is 3.93. The number of piperidine rings is 1. The Hall–Kier alpha value is -1.33. The van der Waals surface area contributed by atoms with E-state index in [0.29, 0.717) is 13.1 Å². The van der Waals surface area contributed by atoms with Crippen molar-refractivity contribution in [1.82, 2.24) is 4.98 Å². The minimum absolute atomic E-state index is 0.289. The minimum atomic E-state index is -1.59. The van der Waals surface area contributed by atoms with Gasteiger partial charge in [-0.15, -0.1) is 0 Å². The number of aromatic nitrogens is 1. The van der Waals surface area contributed by atoms with E-state index in [0.717, 1.165) is 19.3 Å². The number of pyridine rings is 1. The van der Waals surface area contributed by atoms with Crippen LogP contribution in [0.1, 0.15) is 26.2 Å². The van der Waals surface area contributed by atoms with Crippen LogP contribution in [0.15, 0.2) is 0 Å². The van der Waals surface area contributed by atoms with Crippen molar-refractivity contribution in [2.45, 2.75) is 26.2 Å². The van der Waals surface area contributed by atoms with Crippen LogP contribution in [0.3, 0.4) is 0 Å². The van der Waals surface area contributed by atoms with Gasteiger partial charge in [0.25, 0.3) is 11.9 Å². The molecule has 2 heterocycles. The fourth-order valence-corrected chi connectivity index (χ4v) is 2.36. The molecule has 1 atom stereocenters. The first-order valence-electron chi connectivity index (χ1n) is 5.99. The van der Waals surface area contributed by atoms with Crippen molar-refractivity contribution in [3.05, 3.63) is 23.5 Å². The van der Waals surface area contributed by atoms with E-state index < -0.39 is 29.2 Å². The lowest BCUT2D eigenvalue weighted by Crippen LogP contribution is -2.36. The van der Waals surface area contributed by atoms with Crippen LogP contribution in [0, 0.1) is 29.4 Å². The molecule has 0 radical (unpaired) electrons. The molecular weight excluding hydrogens is 248 g/mol. The van der Waals surface area contributed by atoms with Gasteiger partial charge in [-0.1, -0.05) is 13.3 Å². The predicted octanol–water partition coefficient (Wildman–Crippen LogP) is 3.26. The molecule has 18 heavy (non-hydrogen) atoms. The molecule has 0 bridgehead atoms. The smallest absolute Gasteiger partial charge is 0.253 e. The van der Waals surface area contributed by atoms with Gasteiger partial charge < -0.3 is 4.90 Å². The van der Waals surface area contributed by atoms with Gasteiger partial charge >= 0.3 is 0 Å². The zero-order valence-electron chi connectivity index (χ0n) is 10.0. The molecule has 0 spiro atoms. The number of hydrogen-bond donors (Lipinski definition) is 0. The molecular formula is C12H14F4N2. The highest BCUT2D eigenvalue weighted by atomic mass is 19.2. The first kappa shape index (κ1) is 13.1. The highest BCUT2D eigenvalue weighted by Gasteiger charge is 2.28. The third kappa shape index (κ3) is 2.28. The van der Waals surface area contributed by atoms with Gasteiger partial charge in [0.2, 0.25) is 11.6 Å². The number of hydrogen-bond acceptors (Lipinski definition) is 2. The van der Waals surface area contributed by atoms with Crippen LogP contribution in [0.2, 0.25) is 0 Å². The molecule has 0 aromatic carbocycles. The first-order valence-corrected chi connectivity index (χ1v) is 5.99.